The highest BCUT2D eigenvalue weighted by atomic mass is 79.9. The summed E-state index contributed by atoms with van der Waals surface area (Å²) in [5, 5.41) is 4.92. The number of carbonyl (C=O) groups excluding carboxylic acids is 2. The monoisotopic (exact) mass is 370 g/mol. The minimum Gasteiger partial charge on any atom is -0.340 e. The van der Waals surface area contributed by atoms with E-state index in [4.69, 9.17) is 0 Å². The van der Waals surface area contributed by atoms with Crippen molar-refractivity contribution in [1.82, 2.24) is 10.2 Å². The Labute approximate surface area is 137 Å². The van der Waals surface area contributed by atoms with E-state index in [9.17, 15) is 9.59 Å². The van der Waals surface area contributed by atoms with Gasteiger partial charge in [0.05, 0.1) is 6.54 Å². The third-order valence-corrected chi connectivity index (χ3v) is 6.48. The lowest BCUT2D eigenvalue weighted by atomic mass is 9.85. The molecule has 3 rings (SSSR count). The summed E-state index contributed by atoms with van der Waals surface area (Å²) in [6.07, 6.45) is 3.54. The Kier molecular flexibility index (Phi) is 3.64. The molecule has 0 radical (unpaired) electrons. The first-order valence-corrected chi connectivity index (χ1v) is 8.91. The predicted molar refractivity (Wildman–Crippen MR) is 86.0 cm³/mol. The molecule has 21 heavy (non-hydrogen) atoms. The maximum atomic E-state index is 12.9. The number of carbonyl (C=O) groups is 2. The van der Waals surface area contributed by atoms with Crippen molar-refractivity contribution in [3.8, 4) is 0 Å². The van der Waals surface area contributed by atoms with Crippen molar-refractivity contribution >= 4 is 39.1 Å². The SMILES string of the molecule is CC1(C)NC(=O)C2(CCCC2)N(Cc2sccc2Br)C1=O. The van der Waals surface area contributed by atoms with Crippen LogP contribution in [0.4, 0.5) is 0 Å². The molecule has 0 bridgehead atoms. The van der Waals surface area contributed by atoms with Gasteiger partial charge < -0.3 is 10.2 Å². The van der Waals surface area contributed by atoms with E-state index >= 15 is 0 Å². The molecule has 114 valence electrons. The predicted octanol–water partition coefficient (Wildman–Crippen LogP) is 3.06. The average Bonchev–Trinajstić information content (AvgIpc) is 3.03. The number of nitrogens with one attached hydrogen (secondary N) is 1. The van der Waals surface area contributed by atoms with E-state index in [0.717, 1.165) is 35.0 Å². The van der Waals surface area contributed by atoms with E-state index in [1.54, 1.807) is 25.2 Å². The Balaban J connectivity index is 2.00. The van der Waals surface area contributed by atoms with Crippen LogP contribution in [0, 0.1) is 0 Å². The van der Waals surface area contributed by atoms with Gasteiger partial charge in [0.1, 0.15) is 11.1 Å². The Morgan fingerprint density at radius 1 is 1.33 bits per heavy atom. The van der Waals surface area contributed by atoms with Gasteiger partial charge >= 0.3 is 0 Å². The van der Waals surface area contributed by atoms with Gasteiger partial charge in [-0.1, -0.05) is 12.8 Å². The molecule has 2 amide bonds. The second kappa shape index (κ2) is 5.09. The lowest BCUT2D eigenvalue weighted by Crippen LogP contribution is -2.73. The van der Waals surface area contributed by atoms with Crippen LogP contribution in [0.15, 0.2) is 15.9 Å². The van der Waals surface area contributed by atoms with Crippen LogP contribution in [0.2, 0.25) is 0 Å². The van der Waals surface area contributed by atoms with Crippen LogP contribution in [0.1, 0.15) is 44.4 Å². The van der Waals surface area contributed by atoms with Crippen LogP contribution in [0.3, 0.4) is 0 Å². The number of hydrogen-bond acceptors (Lipinski definition) is 3. The lowest BCUT2D eigenvalue weighted by molar-refractivity contribution is -0.162. The van der Waals surface area contributed by atoms with Crippen LogP contribution in [-0.2, 0) is 16.1 Å². The van der Waals surface area contributed by atoms with Crippen molar-refractivity contribution in [2.75, 3.05) is 0 Å². The summed E-state index contributed by atoms with van der Waals surface area (Å²) >= 11 is 5.14. The number of halogens is 1. The number of hydrogen-bond donors (Lipinski definition) is 1. The summed E-state index contributed by atoms with van der Waals surface area (Å²) in [4.78, 5) is 28.5. The molecule has 1 aliphatic carbocycles. The fourth-order valence-corrected chi connectivity index (χ4v) is 4.84. The molecule has 1 N–H and O–H groups in total. The largest absolute Gasteiger partial charge is 0.340 e. The molecule has 1 saturated carbocycles. The molecule has 2 heterocycles. The minimum atomic E-state index is -0.825. The van der Waals surface area contributed by atoms with E-state index in [-0.39, 0.29) is 11.8 Å². The summed E-state index contributed by atoms with van der Waals surface area (Å²) in [5.41, 5.74) is -1.47. The zero-order chi connectivity index (χ0) is 15.3. The first-order chi connectivity index (χ1) is 9.87. The quantitative estimate of drug-likeness (QED) is 0.869. The summed E-state index contributed by atoms with van der Waals surface area (Å²) in [6.45, 7) is 4.07. The van der Waals surface area contributed by atoms with Crippen molar-refractivity contribution in [1.29, 1.82) is 0 Å². The molecule has 1 aliphatic heterocycles. The molecule has 0 aromatic carbocycles. The third kappa shape index (κ3) is 2.32. The Morgan fingerprint density at radius 2 is 2.00 bits per heavy atom. The molecule has 6 heteroatoms. The van der Waals surface area contributed by atoms with Crippen molar-refractivity contribution in [2.24, 2.45) is 0 Å². The van der Waals surface area contributed by atoms with Gasteiger partial charge in [-0.05, 0) is 54.1 Å². The molecule has 0 atom stereocenters. The molecule has 2 aliphatic rings. The van der Waals surface area contributed by atoms with Crippen LogP contribution < -0.4 is 5.32 Å². The zero-order valence-corrected chi connectivity index (χ0v) is 14.6. The highest BCUT2D eigenvalue weighted by Gasteiger charge is 2.56. The van der Waals surface area contributed by atoms with Crippen molar-refractivity contribution in [3.63, 3.8) is 0 Å². The third-order valence-electron chi connectivity index (χ3n) is 4.57. The highest BCUT2D eigenvalue weighted by molar-refractivity contribution is 9.10. The maximum Gasteiger partial charge on any atom is 0.248 e. The van der Waals surface area contributed by atoms with Crippen LogP contribution in [-0.4, -0.2) is 27.8 Å². The fraction of sp³-hybridized carbons (Fsp3) is 0.600. The van der Waals surface area contributed by atoms with Gasteiger partial charge in [-0.3, -0.25) is 9.59 Å². The molecule has 1 aromatic heterocycles. The molecule has 0 unspecified atom stereocenters. The number of piperazine rings is 1. The normalized spacial score (nSPS) is 23.7. The van der Waals surface area contributed by atoms with Crippen molar-refractivity contribution < 1.29 is 9.59 Å². The van der Waals surface area contributed by atoms with E-state index < -0.39 is 11.1 Å². The van der Waals surface area contributed by atoms with Crippen LogP contribution in [0.5, 0.6) is 0 Å². The van der Waals surface area contributed by atoms with Gasteiger partial charge in [-0.15, -0.1) is 11.3 Å². The number of rotatable bonds is 2. The molecule has 4 nitrogen and oxygen atoms in total. The lowest BCUT2D eigenvalue weighted by Gasteiger charge is -2.49. The molecule has 1 saturated heterocycles. The number of nitrogens with zero attached hydrogens (tertiary/aromatic N) is 1. The summed E-state index contributed by atoms with van der Waals surface area (Å²) in [7, 11) is 0. The average molecular weight is 371 g/mol. The highest BCUT2D eigenvalue weighted by Crippen LogP contribution is 2.41. The van der Waals surface area contributed by atoms with Gasteiger partial charge in [0.25, 0.3) is 0 Å². The molecule has 1 aromatic rings. The maximum absolute atomic E-state index is 12.9. The van der Waals surface area contributed by atoms with Crippen molar-refractivity contribution in [2.45, 2.75) is 57.2 Å². The van der Waals surface area contributed by atoms with Crippen molar-refractivity contribution in [3.05, 3.63) is 20.8 Å². The molecular formula is C15H19BrN2O2S. The van der Waals surface area contributed by atoms with Gasteiger partial charge in [0.2, 0.25) is 11.8 Å². The first kappa shape index (κ1) is 15.0. The minimum absolute atomic E-state index is 0.0114. The van der Waals surface area contributed by atoms with Gasteiger partial charge in [-0.2, -0.15) is 0 Å². The summed E-state index contributed by atoms with van der Waals surface area (Å²) in [5.74, 6) is 0.0292. The second-order valence-corrected chi connectivity index (χ2v) is 8.26. The van der Waals surface area contributed by atoms with Crippen LogP contribution >= 0.6 is 27.3 Å². The van der Waals surface area contributed by atoms with Gasteiger partial charge in [-0.25, -0.2) is 0 Å². The van der Waals surface area contributed by atoms with E-state index in [1.807, 2.05) is 16.3 Å². The van der Waals surface area contributed by atoms with Crippen LogP contribution in [0.25, 0.3) is 0 Å². The smallest absolute Gasteiger partial charge is 0.248 e. The Morgan fingerprint density at radius 3 is 2.57 bits per heavy atom. The topological polar surface area (TPSA) is 49.4 Å². The van der Waals surface area contributed by atoms with E-state index in [1.165, 1.54) is 0 Å². The summed E-state index contributed by atoms with van der Waals surface area (Å²) in [6, 6.07) is 1.99. The van der Waals surface area contributed by atoms with Gasteiger partial charge in [0.15, 0.2) is 0 Å². The van der Waals surface area contributed by atoms with E-state index in [2.05, 4.69) is 21.2 Å². The molecular weight excluding hydrogens is 352 g/mol. The van der Waals surface area contributed by atoms with Gasteiger partial charge in [0, 0.05) is 9.35 Å². The standard InChI is InChI=1S/C15H19BrN2O2S/c1-14(2)13(20)18(9-11-10(16)5-8-21-11)15(12(19)17-14)6-3-4-7-15/h5,8H,3-4,6-7,9H2,1-2H3,(H,17,19). The molecule has 1 spiro atoms. The number of thiophene rings is 1. The zero-order valence-electron chi connectivity index (χ0n) is 12.2. The first-order valence-electron chi connectivity index (χ1n) is 7.23. The summed E-state index contributed by atoms with van der Waals surface area (Å²) < 4.78 is 1.01. The number of amides is 2. The Bertz CT molecular complexity index is 590. The fourth-order valence-electron chi connectivity index (χ4n) is 3.37. The Hall–Kier alpha value is -0.880. The van der Waals surface area contributed by atoms with E-state index in [0.29, 0.717) is 6.54 Å². The second-order valence-electron chi connectivity index (χ2n) is 6.40. The molecule has 2 fully saturated rings.